The van der Waals surface area contributed by atoms with Crippen LogP contribution >= 0.6 is 46.6 Å². The van der Waals surface area contributed by atoms with Gasteiger partial charge in [0, 0.05) is 63.7 Å². The number of hydrogen-bond donors (Lipinski definition) is 1. The third kappa shape index (κ3) is 17.2. The molecule has 11 atom stereocenters. The fraction of sp³-hybridized carbons (Fsp3) is 0.594. The van der Waals surface area contributed by atoms with Crippen LogP contribution in [0.3, 0.4) is 0 Å². The standard InChI is InChI=1S/C69H99Cl3O8S2Si2/c1-66(2,3)83(10,11)62-36-37-68(7,84(12,13)67(4,5)6)64(31-23-39-76-48-56-57(71)41-54(70)42-58(56)72)80-59(62)34-35-63(73)69(81-8,82(9)74)44-61-65(78-47-51-32-33-52-28-20-21-29-53(52)40-51)60(77-46-50-26-18-15-19-27-50)43-55(79-61)30-22-38-75-45-49-24-16-14-17-25-49/h14-21,24-29,32-33,40-42,55,59-65,73H,22-23,30-31,34-39,43-48H2,1-13H3/t55-,59+,60+,61-,62-,63?,64-,65+,68+,69?,82?/m1/s1. The number of ether oxygens (including phenoxy) is 6. The molecule has 0 spiro atoms. The Kier molecular flexibility index (Phi) is 25.3. The van der Waals surface area contributed by atoms with E-state index < -0.39 is 49.3 Å². The van der Waals surface area contributed by atoms with Gasteiger partial charge in [-0.2, -0.15) is 0 Å². The molecule has 84 heavy (non-hydrogen) atoms. The Morgan fingerprint density at radius 3 is 1.89 bits per heavy atom. The summed E-state index contributed by atoms with van der Waals surface area (Å²) in [5, 5.41) is 17.1. The van der Waals surface area contributed by atoms with Gasteiger partial charge < -0.3 is 33.5 Å². The van der Waals surface area contributed by atoms with Gasteiger partial charge in [0.1, 0.15) is 10.2 Å². The monoisotopic (exact) mass is 1280 g/mol. The molecule has 0 saturated carbocycles. The number of hydrogen-bond acceptors (Lipinski definition) is 9. The first kappa shape index (κ1) is 69.4. The summed E-state index contributed by atoms with van der Waals surface area (Å²) in [6.07, 6.45) is 8.27. The molecule has 7 rings (SSSR count). The Morgan fingerprint density at radius 1 is 0.702 bits per heavy atom. The molecule has 2 saturated heterocycles. The van der Waals surface area contributed by atoms with Crippen molar-refractivity contribution in [1.82, 2.24) is 0 Å². The zero-order valence-corrected chi connectivity index (χ0v) is 58.6. The Morgan fingerprint density at radius 2 is 1.29 bits per heavy atom. The molecule has 1 N–H and O–H groups in total. The highest BCUT2D eigenvalue weighted by atomic mass is 35.5. The zero-order valence-electron chi connectivity index (χ0n) is 52.7. The molecule has 2 aliphatic heterocycles. The van der Waals surface area contributed by atoms with E-state index in [4.69, 9.17) is 63.2 Å². The number of aliphatic hydroxyl groups is 1. The molecule has 0 aromatic heterocycles. The minimum atomic E-state index is -2.10. The molecule has 2 fully saturated rings. The summed E-state index contributed by atoms with van der Waals surface area (Å²) in [7, 11) is -5.70. The summed E-state index contributed by atoms with van der Waals surface area (Å²) in [6, 6.07) is 38.8. The zero-order chi connectivity index (χ0) is 61.1. The van der Waals surface area contributed by atoms with Crippen LogP contribution in [0.25, 0.3) is 10.8 Å². The molecule has 5 aromatic rings. The van der Waals surface area contributed by atoms with Crippen LogP contribution in [0.15, 0.2) is 115 Å². The fourth-order valence-electron chi connectivity index (χ4n) is 12.9. The first-order chi connectivity index (χ1) is 39.7. The number of thioether (sulfide) groups is 1. The molecule has 15 heteroatoms. The van der Waals surface area contributed by atoms with Crippen molar-refractivity contribution in [3.8, 4) is 0 Å². The van der Waals surface area contributed by atoms with Crippen LogP contribution in [0.2, 0.25) is 61.9 Å². The van der Waals surface area contributed by atoms with Gasteiger partial charge in [0.25, 0.3) is 0 Å². The van der Waals surface area contributed by atoms with Crippen molar-refractivity contribution in [3.63, 3.8) is 0 Å². The van der Waals surface area contributed by atoms with E-state index >= 15 is 0 Å². The van der Waals surface area contributed by atoms with Gasteiger partial charge in [-0.05, 0) is 118 Å². The first-order valence-electron chi connectivity index (χ1n) is 30.7. The molecule has 0 aliphatic carbocycles. The van der Waals surface area contributed by atoms with Gasteiger partial charge in [-0.15, -0.1) is 11.8 Å². The molecule has 3 unspecified atom stereocenters. The predicted molar refractivity (Wildman–Crippen MR) is 361 cm³/mol. The Hall–Kier alpha value is -2.12. The van der Waals surface area contributed by atoms with Crippen molar-refractivity contribution >= 4 is 84.3 Å². The summed E-state index contributed by atoms with van der Waals surface area (Å²) >= 11 is 20.9. The minimum absolute atomic E-state index is 0.0446. The lowest BCUT2D eigenvalue weighted by molar-refractivity contribution is -0.212. The molecular weight excluding hydrogens is 1180 g/mol. The van der Waals surface area contributed by atoms with Crippen molar-refractivity contribution in [3.05, 3.63) is 153 Å². The van der Waals surface area contributed by atoms with Gasteiger partial charge in [-0.1, -0.05) is 213 Å². The van der Waals surface area contributed by atoms with E-state index in [-0.39, 0.29) is 39.5 Å². The molecule has 2 heterocycles. The van der Waals surface area contributed by atoms with Crippen LogP contribution in [0, 0.1) is 0 Å². The largest absolute Gasteiger partial charge is 0.391 e. The Labute approximate surface area is 529 Å². The smallest absolute Gasteiger partial charge is 0.119 e. The molecule has 464 valence electrons. The quantitative estimate of drug-likeness (QED) is 0.0388. The van der Waals surface area contributed by atoms with Crippen LogP contribution in [0.5, 0.6) is 0 Å². The molecule has 0 amide bonds. The van der Waals surface area contributed by atoms with Crippen molar-refractivity contribution < 1.29 is 37.7 Å². The Balaban J connectivity index is 1.19. The number of halogens is 3. The van der Waals surface area contributed by atoms with Crippen molar-refractivity contribution in [2.75, 3.05) is 25.7 Å². The van der Waals surface area contributed by atoms with Gasteiger partial charge in [0.05, 0.1) is 79.2 Å². The first-order valence-corrected chi connectivity index (χ1v) is 40.7. The van der Waals surface area contributed by atoms with Crippen LogP contribution < -0.4 is 0 Å². The predicted octanol–water partition coefficient (Wildman–Crippen LogP) is 19.1. The number of aliphatic hydroxyl groups excluding tert-OH is 1. The van der Waals surface area contributed by atoms with E-state index in [1.807, 2.05) is 42.7 Å². The molecule has 8 nitrogen and oxygen atoms in total. The van der Waals surface area contributed by atoms with E-state index in [1.165, 1.54) is 17.1 Å². The average molecular weight is 1280 g/mol. The molecule has 2 aliphatic rings. The highest BCUT2D eigenvalue weighted by Crippen LogP contribution is 2.62. The fourth-order valence-corrected chi connectivity index (χ4v) is 23.1. The van der Waals surface area contributed by atoms with E-state index in [1.54, 1.807) is 18.4 Å². The summed E-state index contributed by atoms with van der Waals surface area (Å²) < 4.78 is 55.7. The van der Waals surface area contributed by atoms with E-state index in [9.17, 15) is 9.32 Å². The lowest BCUT2D eigenvalue weighted by atomic mass is 9.90. The SMILES string of the molecule is CSC(C[C@H]1O[C@H](CCCOCc2ccccc2)C[C@H](OCc2ccccc2)[C@@H]1OCc1ccc2ccccc2c1)(C(O)CC[C@@H]1O[C@H](CCCOCc2c(Cl)cc(Cl)cc2Cl)[C@@](C)([Si](C)(C)C(C)(C)C)CC[C@H]1[Si](C)(C)C(C)(C)C)S(C)=O. The maximum Gasteiger partial charge on any atom is 0.119 e. The molecule has 0 radical (unpaired) electrons. The number of benzene rings is 5. The average Bonchev–Trinajstić information content (AvgIpc) is 1.60. The Bertz CT molecular complexity index is 2850. The summed E-state index contributed by atoms with van der Waals surface area (Å²) in [5.74, 6) is 0. The normalized spacial score (nSPS) is 24.4. The van der Waals surface area contributed by atoms with Crippen LogP contribution in [-0.2, 0) is 65.6 Å². The summed E-state index contributed by atoms with van der Waals surface area (Å²) in [5.41, 5.74) is 4.31. The summed E-state index contributed by atoms with van der Waals surface area (Å²) in [4.78, 5) is 0. The maximum atomic E-state index is 14.9. The lowest BCUT2D eigenvalue weighted by Gasteiger charge is -2.54. The van der Waals surface area contributed by atoms with Gasteiger partial charge in [0.15, 0.2) is 0 Å². The summed E-state index contributed by atoms with van der Waals surface area (Å²) in [6.45, 7) is 30.0. The van der Waals surface area contributed by atoms with Gasteiger partial charge >= 0.3 is 0 Å². The van der Waals surface area contributed by atoms with E-state index in [2.05, 4.69) is 141 Å². The van der Waals surface area contributed by atoms with Gasteiger partial charge in [-0.25, -0.2) is 0 Å². The van der Waals surface area contributed by atoms with Crippen LogP contribution in [0.4, 0.5) is 0 Å². The second-order valence-corrected chi connectivity index (χ2v) is 43.2. The second-order valence-electron chi connectivity index (χ2n) is 27.4. The lowest BCUT2D eigenvalue weighted by Crippen LogP contribution is -2.56. The molecule has 5 aromatic carbocycles. The minimum Gasteiger partial charge on any atom is -0.391 e. The van der Waals surface area contributed by atoms with E-state index in [0.717, 1.165) is 66.2 Å². The van der Waals surface area contributed by atoms with Crippen LogP contribution in [-0.4, -0.2) is 98.0 Å². The topological polar surface area (TPSA) is 92.7 Å². The van der Waals surface area contributed by atoms with Gasteiger partial charge in [0.2, 0.25) is 0 Å². The maximum absolute atomic E-state index is 14.9. The third-order valence-electron chi connectivity index (χ3n) is 20.4. The van der Waals surface area contributed by atoms with Crippen LogP contribution in [0.1, 0.15) is 135 Å². The second kappa shape index (κ2) is 30.6. The highest BCUT2D eigenvalue weighted by molar-refractivity contribution is 8.12. The molecule has 0 bridgehead atoms. The van der Waals surface area contributed by atoms with Gasteiger partial charge in [-0.3, -0.25) is 4.21 Å². The molecular formula is C69H99Cl3O8S2Si2. The third-order valence-corrected chi connectivity index (χ3v) is 38.6. The van der Waals surface area contributed by atoms with Crippen molar-refractivity contribution in [2.24, 2.45) is 0 Å². The number of fused-ring (bicyclic) bond motifs is 1. The highest BCUT2D eigenvalue weighted by Gasteiger charge is 2.58. The van der Waals surface area contributed by atoms with Crippen molar-refractivity contribution in [2.45, 2.75) is 233 Å². The van der Waals surface area contributed by atoms with Crippen molar-refractivity contribution in [1.29, 1.82) is 0 Å². The number of rotatable bonds is 28. The van der Waals surface area contributed by atoms with E-state index in [0.29, 0.717) is 85.9 Å².